The van der Waals surface area contributed by atoms with Crippen LogP contribution in [0.1, 0.15) is 16.7 Å². The third kappa shape index (κ3) is 4.75. The lowest BCUT2D eigenvalue weighted by atomic mass is 10.1. The number of aromatic nitrogens is 1. The summed E-state index contributed by atoms with van der Waals surface area (Å²) in [6.07, 6.45) is 3.11. The van der Waals surface area contributed by atoms with Gasteiger partial charge in [0.2, 0.25) is 0 Å². The summed E-state index contributed by atoms with van der Waals surface area (Å²) in [6.45, 7) is 2.30. The lowest BCUT2D eigenvalue weighted by Crippen LogP contribution is -2.16. The van der Waals surface area contributed by atoms with Crippen molar-refractivity contribution in [2.45, 2.75) is 19.6 Å². The van der Waals surface area contributed by atoms with Crippen LogP contribution >= 0.6 is 11.6 Å². The molecule has 0 fully saturated rings. The monoisotopic (exact) mass is 390 g/mol. The third-order valence-corrected chi connectivity index (χ3v) is 5.03. The van der Waals surface area contributed by atoms with Crippen molar-refractivity contribution in [2.75, 3.05) is 6.54 Å². The molecule has 142 valence electrons. The molecule has 0 atom stereocenters. The lowest BCUT2D eigenvalue weighted by Gasteiger charge is -2.08. The van der Waals surface area contributed by atoms with E-state index in [0.717, 1.165) is 35.8 Å². The highest BCUT2D eigenvalue weighted by Gasteiger charge is 2.03. The number of fused-ring (bicyclic) bond motifs is 1. The molecular formula is C24H23ClN2O. The van der Waals surface area contributed by atoms with E-state index in [1.165, 1.54) is 22.0 Å². The van der Waals surface area contributed by atoms with E-state index in [-0.39, 0.29) is 0 Å². The van der Waals surface area contributed by atoms with Gasteiger partial charge < -0.3 is 15.0 Å². The molecule has 0 saturated carbocycles. The number of nitrogens with one attached hydrogen (secondary N) is 2. The van der Waals surface area contributed by atoms with Crippen molar-refractivity contribution in [3.8, 4) is 5.75 Å². The minimum Gasteiger partial charge on any atom is -0.489 e. The Morgan fingerprint density at radius 1 is 0.893 bits per heavy atom. The number of rotatable bonds is 8. The summed E-state index contributed by atoms with van der Waals surface area (Å²) < 4.78 is 5.84. The maximum atomic E-state index is 6.00. The van der Waals surface area contributed by atoms with Crippen molar-refractivity contribution in [1.82, 2.24) is 10.3 Å². The van der Waals surface area contributed by atoms with Crippen molar-refractivity contribution in [1.29, 1.82) is 0 Å². The summed E-state index contributed by atoms with van der Waals surface area (Å²) in [5, 5.41) is 5.56. The number of halogens is 1. The third-order valence-electron chi connectivity index (χ3n) is 4.79. The van der Waals surface area contributed by atoms with E-state index in [4.69, 9.17) is 16.3 Å². The Morgan fingerprint density at radius 3 is 2.61 bits per heavy atom. The lowest BCUT2D eigenvalue weighted by molar-refractivity contribution is 0.306. The molecule has 0 unspecified atom stereocenters. The summed E-state index contributed by atoms with van der Waals surface area (Å²) in [6, 6.07) is 24.4. The largest absolute Gasteiger partial charge is 0.489 e. The number of aromatic amines is 1. The fraction of sp³-hybridized carbons (Fsp3) is 0.167. The smallest absolute Gasteiger partial charge is 0.119 e. The zero-order valence-electron chi connectivity index (χ0n) is 15.6. The van der Waals surface area contributed by atoms with Gasteiger partial charge in [0.05, 0.1) is 0 Å². The molecule has 4 aromatic rings. The second-order valence-electron chi connectivity index (χ2n) is 6.85. The van der Waals surface area contributed by atoms with Crippen LogP contribution in [0.25, 0.3) is 10.9 Å². The molecule has 0 bridgehead atoms. The first-order chi connectivity index (χ1) is 13.8. The summed E-state index contributed by atoms with van der Waals surface area (Å²) in [5.74, 6) is 0.863. The van der Waals surface area contributed by atoms with Crippen LogP contribution in [0.3, 0.4) is 0 Å². The first-order valence-corrected chi connectivity index (χ1v) is 9.87. The van der Waals surface area contributed by atoms with Gasteiger partial charge in [-0.05, 0) is 60.0 Å². The quantitative estimate of drug-likeness (QED) is 0.377. The Kier molecular flexibility index (Phi) is 5.95. The van der Waals surface area contributed by atoms with Crippen LogP contribution in [0.5, 0.6) is 5.75 Å². The van der Waals surface area contributed by atoms with E-state index in [2.05, 4.69) is 52.9 Å². The van der Waals surface area contributed by atoms with Crippen molar-refractivity contribution in [3.05, 3.63) is 101 Å². The molecular weight excluding hydrogens is 368 g/mol. The molecule has 0 spiro atoms. The van der Waals surface area contributed by atoms with Gasteiger partial charge in [-0.2, -0.15) is 0 Å². The van der Waals surface area contributed by atoms with Crippen LogP contribution < -0.4 is 10.1 Å². The fourth-order valence-corrected chi connectivity index (χ4v) is 3.50. The zero-order valence-corrected chi connectivity index (χ0v) is 16.4. The second kappa shape index (κ2) is 8.96. The van der Waals surface area contributed by atoms with Gasteiger partial charge >= 0.3 is 0 Å². The summed E-state index contributed by atoms with van der Waals surface area (Å²) >= 11 is 6.00. The van der Waals surface area contributed by atoms with E-state index in [0.29, 0.717) is 6.61 Å². The number of benzene rings is 3. The van der Waals surface area contributed by atoms with Crippen LogP contribution in [0.2, 0.25) is 5.02 Å². The van der Waals surface area contributed by atoms with Gasteiger partial charge in [-0.1, -0.05) is 54.1 Å². The normalized spacial score (nSPS) is 11.0. The van der Waals surface area contributed by atoms with E-state index in [9.17, 15) is 0 Å². The van der Waals surface area contributed by atoms with Crippen molar-refractivity contribution in [3.63, 3.8) is 0 Å². The van der Waals surface area contributed by atoms with E-state index in [1.807, 2.05) is 36.4 Å². The van der Waals surface area contributed by atoms with Gasteiger partial charge in [0.25, 0.3) is 0 Å². The molecule has 28 heavy (non-hydrogen) atoms. The maximum Gasteiger partial charge on any atom is 0.119 e. The predicted octanol–water partition coefficient (Wildman–Crippen LogP) is 5.73. The van der Waals surface area contributed by atoms with Crippen molar-refractivity contribution >= 4 is 22.5 Å². The molecule has 0 saturated heterocycles. The highest BCUT2D eigenvalue weighted by molar-refractivity contribution is 6.30. The highest BCUT2D eigenvalue weighted by atomic mass is 35.5. The van der Waals surface area contributed by atoms with Crippen LogP contribution in [-0.4, -0.2) is 11.5 Å². The summed E-state index contributed by atoms with van der Waals surface area (Å²) in [5.41, 5.74) is 4.86. The molecule has 0 radical (unpaired) electrons. The molecule has 3 nitrogen and oxygen atoms in total. The SMILES string of the molecule is Clc1cccc(COc2ccc(CNCCc3c[nH]c4ccccc34)cc2)c1. The Balaban J connectivity index is 1.23. The summed E-state index contributed by atoms with van der Waals surface area (Å²) in [7, 11) is 0. The van der Waals surface area contributed by atoms with Crippen LogP contribution in [0, 0.1) is 0 Å². The van der Waals surface area contributed by atoms with Crippen LogP contribution in [0.15, 0.2) is 79.0 Å². The van der Waals surface area contributed by atoms with E-state index < -0.39 is 0 Å². The number of ether oxygens (including phenoxy) is 1. The standard InChI is InChI=1S/C24H23ClN2O/c25-21-5-3-4-19(14-21)17-28-22-10-8-18(9-11-22)15-26-13-12-20-16-27-24-7-2-1-6-23(20)24/h1-11,14,16,26-27H,12-13,15,17H2. The summed E-state index contributed by atoms with van der Waals surface area (Å²) in [4.78, 5) is 3.33. The molecule has 0 amide bonds. The Hall–Kier alpha value is -2.75. The molecule has 4 heteroatoms. The van der Waals surface area contributed by atoms with Crippen LogP contribution in [0.4, 0.5) is 0 Å². The van der Waals surface area contributed by atoms with Gasteiger partial charge in [-0.25, -0.2) is 0 Å². The molecule has 3 aromatic carbocycles. The topological polar surface area (TPSA) is 37.0 Å². The molecule has 0 aliphatic rings. The van der Waals surface area contributed by atoms with Gasteiger partial charge in [-0.3, -0.25) is 0 Å². The minimum atomic E-state index is 0.517. The van der Waals surface area contributed by atoms with Crippen LogP contribution in [-0.2, 0) is 19.6 Å². The molecule has 2 N–H and O–H groups in total. The van der Waals surface area contributed by atoms with Gasteiger partial charge in [0, 0.05) is 28.7 Å². The average molecular weight is 391 g/mol. The first-order valence-electron chi connectivity index (χ1n) is 9.50. The molecule has 1 aromatic heterocycles. The zero-order chi connectivity index (χ0) is 19.2. The van der Waals surface area contributed by atoms with Crippen molar-refractivity contribution in [2.24, 2.45) is 0 Å². The fourth-order valence-electron chi connectivity index (χ4n) is 3.29. The average Bonchev–Trinajstić information content (AvgIpc) is 3.14. The molecule has 0 aliphatic carbocycles. The molecule has 4 rings (SSSR count). The first kappa shape index (κ1) is 18.6. The molecule has 0 aliphatic heterocycles. The predicted molar refractivity (Wildman–Crippen MR) is 116 cm³/mol. The van der Waals surface area contributed by atoms with Gasteiger partial charge in [-0.15, -0.1) is 0 Å². The maximum absolute atomic E-state index is 6.00. The number of para-hydroxylation sites is 1. The molecule has 1 heterocycles. The number of H-pyrrole nitrogens is 1. The highest BCUT2D eigenvalue weighted by Crippen LogP contribution is 2.18. The van der Waals surface area contributed by atoms with Gasteiger partial charge in [0.1, 0.15) is 12.4 Å². The minimum absolute atomic E-state index is 0.517. The Bertz CT molecular complexity index is 1040. The second-order valence-corrected chi connectivity index (χ2v) is 7.29. The van der Waals surface area contributed by atoms with Gasteiger partial charge in [0.15, 0.2) is 0 Å². The van der Waals surface area contributed by atoms with E-state index in [1.54, 1.807) is 0 Å². The Morgan fingerprint density at radius 2 is 1.75 bits per heavy atom. The Labute approximate surface area is 170 Å². The number of hydrogen-bond acceptors (Lipinski definition) is 2. The van der Waals surface area contributed by atoms with E-state index >= 15 is 0 Å². The number of hydrogen-bond donors (Lipinski definition) is 2. The van der Waals surface area contributed by atoms with Crippen molar-refractivity contribution < 1.29 is 4.74 Å².